The van der Waals surface area contributed by atoms with Crippen LogP contribution in [0.5, 0.6) is 0 Å². The van der Waals surface area contributed by atoms with Gasteiger partial charge in [0, 0.05) is 0 Å². The predicted octanol–water partition coefficient (Wildman–Crippen LogP) is 3.02. The molecule has 0 saturated carbocycles. The molecule has 19 heavy (non-hydrogen) atoms. The highest BCUT2D eigenvalue weighted by Crippen LogP contribution is 2.21. The van der Waals surface area contributed by atoms with Gasteiger partial charge in [-0.3, -0.25) is 4.79 Å². The fourth-order valence-corrected chi connectivity index (χ4v) is 1.78. The second-order valence-corrected chi connectivity index (χ2v) is 4.38. The van der Waals surface area contributed by atoms with Crippen molar-refractivity contribution in [1.29, 1.82) is 0 Å². The zero-order valence-corrected chi connectivity index (χ0v) is 10.8. The van der Waals surface area contributed by atoms with Crippen LogP contribution in [-0.2, 0) is 0 Å². The first-order valence-electron chi connectivity index (χ1n) is 5.46. The van der Waals surface area contributed by atoms with E-state index < -0.39 is 11.7 Å². The van der Waals surface area contributed by atoms with Gasteiger partial charge < -0.3 is 11.1 Å². The van der Waals surface area contributed by atoms with E-state index in [0.717, 1.165) is 5.56 Å². The van der Waals surface area contributed by atoms with Crippen LogP contribution in [0.15, 0.2) is 30.5 Å². The first-order valence-corrected chi connectivity index (χ1v) is 5.84. The monoisotopic (exact) mass is 279 g/mol. The Morgan fingerprint density at radius 1 is 1.47 bits per heavy atom. The van der Waals surface area contributed by atoms with Crippen molar-refractivity contribution < 1.29 is 9.18 Å². The number of aromatic nitrogens is 1. The minimum absolute atomic E-state index is 0.0460. The normalized spacial score (nSPS) is 10.3. The lowest BCUT2D eigenvalue weighted by Gasteiger charge is -2.08. The third-order valence-corrected chi connectivity index (χ3v) is 2.90. The third kappa shape index (κ3) is 2.82. The van der Waals surface area contributed by atoms with E-state index in [2.05, 4.69) is 10.3 Å². The maximum absolute atomic E-state index is 13.6. The number of pyridine rings is 1. The summed E-state index contributed by atoms with van der Waals surface area (Å²) >= 11 is 5.81. The molecule has 0 unspecified atom stereocenters. The summed E-state index contributed by atoms with van der Waals surface area (Å²) in [6.45, 7) is 1.78. The molecule has 4 nitrogen and oxygen atoms in total. The van der Waals surface area contributed by atoms with E-state index in [1.54, 1.807) is 13.0 Å². The minimum Gasteiger partial charge on any atom is -0.397 e. The summed E-state index contributed by atoms with van der Waals surface area (Å²) in [5, 5.41) is 2.52. The fraction of sp³-hybridized carbons (Fsp3) is 0.0769. The molecular formula is C13H11ClFN3O. The Morgan fingerprint density at radius 3 is 2.84 bits per heavy atom. The average Bonchev–Trinajstić information content (AvgIpc) is 2.33. The number of anilines is 2. The second kappa shape index (κ2) is 5.24. The number of nitrogens with zero attached hydrogens (tertiary/aromatic N) is 1. The maximum Gasteiger partial charge on any atom is 0.261 e. The van der Waals surface area contributed by atoms with Crippen LogP contribution >= 0.6 is 11.6 Å². The topological polar surface area (TPSA) is 68.0 Å². The lowest BCUT2D eigenvalue weighted by molar-refractivity contribution is 0.102. The number of nitrogens with two attached hydrogens (primary N) is 1. The fourth-order valence-electron chi connectivity index (χ4n) is 1.53. The van der Waals surface area contributed by atoms with Gasteiger partial charge in [0.2, 0.25) is 0 Å². The standard InChI is InChI=1S/C13H11ClFN3O/c1-7-5-11(17-6-10(7)16)18-13(19)12-8(14)3-2-4-9(12)15/h2-6H,16H2,1H3,(H,17,18,19). The van der Waals surface area contributed by atoms with E-state index in [0.29, 0.717) is 5.69 Å². The number of rotatable bonds is 2. The molecule has 0 aliphatic rings. The largest absolute Gasteiger partial charge is 0.397 e. The molecule has 2 aromatic rings. The van der Waals surface area contributed by atoms with E-state index in [-0.39, 0.29) is 16.4 Å². The number of aryl methyl sites for hydroxylation is 1. The smallest absolute Gasteiger partial charge is 0.261 e. The summed E-state index contributed by atoms with van der Waals surface area (Å²) in [6, 6.07) is 5.64. The molecule has 0 radical (unpaired) electrons. The van der Waals surface area contributed by atoms with Crippen molar-refractivity contribution in [3.05, 3.63) is 52.4 Å². The number of amides is 1. The highest BCUT2D eigenvalue weighted by molar-refractivity contribution is 6.34. The number of nitrogen functional groups attached to an aromatic ring is 1. The van der Waals surface area contributed by atoms with Crippen molar-refractivity contribution in [2.75, 3.05) is 11.1 Å². The summed E-state index contributed by atoms with van der Waals surface area (Å²) in [4.78, 5) is 15.9. The number of halogens is 2. The van der Waals surface area contributed by atoms with Gasteiger partial charge in [0.15, 0.2) is 0 Å². The van der Waals surface area contributed by atoms with Crippen molar-refractivity contribution in [3.8, 4) is 0 Å². The first-order chi connectivity index (χ1) is 8.99. The molecule has 1 aromatic carbocycles. The van der Waals surface area contributed by atoms with Gasteiger partial charge in [0.05, 0.1) is 22.5 Å². The summed E-state index contributed by atoms with van der Waals surface area (Å²) < 4.78 is 13.6. The lowest BCUT2D eigenvalue weighted by Crippen LogP contribution is -2.15. The van der Waals surface area contributed by atoms with Crippen molar-refractivity contribution in [2.24, 2.45) is 0 Å². The van der Waals surface area contributed by atoms with E-state index in [4.69, 9.17) is 17.3 Å². The van der Waals surface area contributed by atoms with Crippen molar-refractivity contribution >= 4 is 29.0 Å². The van der Waals surface area contributed by atoms with Crippen LogP contribution in [-0.4, -0.2) is 10.9 Å². The van der Waals surface area contributed by atoms with Gasteiger partial charge in [-0.25, -0.2) is 9.37 Å². The van der Waals surface area contributed by atoms with Crippen LogP contribution in [0.2, 0.25) is 5.02 Å². The van der Waals surface area contributed by atoms with Crippen LogP contribution in [0.25, 0.3) is 0 Å². The highest BCUT2D eigenvalue weighted by atomic mass is 35.5. The van der Waals surface area contributed by atoms with Gasteiger partial charge in [-0.05, 0) is 30.7 Å². The molecule has 0 atom stereocenters. The van der Waals surface area contributed by atoms with Crippen molar-refractivity contribution in [2.45, 2.75) is 6.92 Å². The van der Waals surface area contributed by atoms with Gasteiger partial charge in [-0.15, -0.1) is 0 Å². The molecule has 1 amide bonds. The number of carbonyl (C=O) groups is 1. The zero-order chi connectivity index (χ0) is 14.0. The van der Waals surface area contributed by atoms with Crippen LogP contribution in [0, 0.1) is 12.7 Å². The molecule has 2 rings (SSSR count). The lowest BCUT2D eigenvalue weighted by atomic mass is 10.2. The summed E-state index contributed by atoms with van der Waals surface area (Å²) in [6.07, 6.45) is 1.42. The average molecular weight is 280 g/mol. The number of hydrogen-bond acceptors (Lipinski definition) is 3. The molecule has 0 spiro atoms. The molecule has 0 aliphatic heterocycles. The molecule has 0 aliphatic carbocycles. The Bertz CT molecular complexity index is 626. The van der Waals surface area contributed by atoms with Crippen LogP contribution in [0.1, 0.15) is 15.9 Å². The van der Waals surface area contributed by atoms with Gasteiger partial charge in [0.25, 0.3) is 5.91 Å². The van der Waals surface area contributed by atoms with Gasteiger partial charge in [0.1, 0.15) is 11.6 Å². The molecule has 98 valence electrons. The number of benzene rings is 1. The van der Waals surface area contributed by atoms with E-state index >= 15 is 0 Å². The van der Waals surface area contributed by atoms with E-state index in [1.807, 2.05) is 0 Å². The maximum atomic E-state index is 13.6. The van der Waals surface area contributed by atoms with E-state index in [9.17, 15) is 9.18 Å². The molecule has 3 N–H and O–H groups in total. The summed E-state index contributed by atoms with van der Waals surface area (Å²) in [7, 11) is 0. The molecular weight excluding hydrogens is 269 g/mol. The van der Waals surface area contributed by atoms with Gasteiger partial charge in [-0.1, -0.05) is 17.7 Å². The predicted molar refractivity (Wildman–Crippen MR) is 72.7 cm³/mol. The third-order valence-electron chi connectivity index (χ3n) is 2.58. The zero-order valence-electron chi connectivity index (χ0n) is 10.1. The first kappa shape index (κ1) is 13.3. The molecule has 0 fully saturated rings. The highest BCUT2D eigenvalue weighted by Gasteiger charge is 2.16. The Hall–Kier alpha value is -2.14. The Labute approximate surface area is 114 Å². The molecule has 1 heterocycles. The second-order valence-electron chi connectivity index (χ2n) is 3.98. The minimum atomic E-state index is -0.683. The Balaban J connectivity index is 2.28. The van der Waals surface area contributed by atoms with Crippen molar-refractivity contribution in [3.63, 3.8) is 0 Å². The number of nitrogens with one attached hydrogen (secondary N) is 1. The van der Waals surface area contributed by atoms with Crippen molar-refractivity contribution in [1.82, 2.24) is 4.98 Å². The van der Waals surface area contributed by atoms with Crippen LogP contribution in [0.4, 0.5) is 15.9 Å². The molecule has 6 heteroatoms. The van der Waals surface area contributed by atoms with Gasteiger partial charge >= 0.3 is 0 Å². The SMILES string of the molecule is Cc1cc(NC(=O)c2c(F)cccc2Cl)ncc1N. The number of hydrogen-bond donors (Lipinski definition) is 2. The molecule has 0 bridgehead atoms. The molecule has 0 saturated heterocycles. The Kier molecular flexibility index (Phi) is 3.66. The molecule has 1 aromatic heterocycles. The summed E-state index contributed by atoms with van der Waals surface area (Å²) in [5.74, 6) is -1.05. The quantitative estimate of drug-likeness (QED) is 0.888. The van der Waals surface area contributed by atoms with Crippen LogP contribution in [0.3, 0.4) is 0 Å². The van der Waals surface area contributed by atoms with Crippen LogP contribution < -0.4 is 11.1 Å². The summed E-state index contributed by atoms with van der Waals surface area (Å²) in [5.41, 5.74) is 6.70. The van der Waals surface area contributed by atoms with Gasteiger partial charge in [-0.2, -0.15) is 0 Å². The Morgan fingerprint density at radius 2 is 2.21 bits per heavy atom. The number of carbonyl (C=O) groups excluding carboxylic acids is 1. The van der Waals surface area contributed by atoms with E-state index in [1.165, 1.54) is 24.4 Å².